The number of carbonyl (C=O) groups excluding carboxylic acids is 1. The molecule has 0 aliphatic rings. The summed E-state index contributed by atoms with van der Waals surface area (Å²) in [6, 6.07) is 0. The van der Waals surface area contributed by atoms with Gasteiger partial charge < -0.3 is 16.2 Å². The third-order valence-electron chi connectivity index (χ3n) is 2.33. The van der Waals surface area contributed by atoms with Gasteiger partial charge in [-0.25, -0.2) is 0 Å². The number of aromatic nitrogens is 2. The highest BCUT2D eigenvalue weighted by molar-refractivity contribution is 5.97. The molecule has 1 atom stereocenters. The van der Waals surface area contributed by atoms with Crippen LogP contribution in [0.2, 0.25) is 0 Å². The van der Waals surface area contributed by atoms with Gasteiger partial charge in [-0.05, 0) is 13.3 Å². The molecular weight excluding hydrogens is 208 g/mol. The van der Waals surface area contributed by atoms with Gasteiger partial charge in [0.05, 0.1) is 17.5 Å². The van der Waals surface area contributed by atoms with Crippen LogP contribution in [0.5, 0.6) is 0 Å². The number of aliphatic hydroxyl groups is 1. The lowest BCUT2D eigenvalue weighted by Gasteiger charge is -2.09. The predicted molar refractivity (Wildman–Crippen MR) is 61.0 cm³/mol. The number of H-pyrrole nitrogens is 1. The SMILES string of the molecule is CCCC(O)CNC(=O)c1n[nH]c(C)c1N. The van der Waals surface area contributed by atoms with Crippen LogP contribution in [0.1, 0.15) is 35.9 Å². The summed E-state index contributed by atoms with van der Waals surface area (Å²) in [5.74, 6) is -0.364. The molecule has 1 aromatic heterocycles. The third kappa shape index (κ3) is 2.96. The fourth-order valence-electron chi connectivity index (χ4n) is 1.34. The molecular formula is C10H18N4O2. The zero-order valence-electron chi connectivity index (χ0n) is 9.58. The molecule has 0 bridgehead atoms. The number of hydrogen-bond donors (Lipinski definition) is 4. The van der Waals surface area contributed by atoms with E-state index in [4.69, 9.17) is 5.73 Å². The number of nitrogens with two attached hydrogens (primary N) is 1. The summed E-state index contributed by atoms with van der Waals surface area (Å²) in [5, 5.41) is 18.5. The van der Waals surface area contributed by atoms with E-state index in [1.165, 1.54) is 0 Å². The molecule has 6 nitrogen and oxygen atoms in total. The van der Waals surface area contributed by atoms with Crippen LogP contribution >= 0.6 is 0 Å². The van der Waals surface area contributed by atoms with Gasteiger partial charge in [0.25, 0.3) is 5.91 Å². The van der Waals surface area contributed by atoms with Gasteiger partial charge in [0, 0.05) is 6.54 Å². The normalized spacial score (nSPS) is 12.4. The minimum Gasteiger partial charge on any atom is -0.395 e. The van der Waals surface area contributed by atoms with Crippen molar-refractivity contribution in [2.24, 2.45) is 0 Å². The standard InChI is InChI=1S/C10H18N4O2/c1-3-4-7(15)5-12-10(16)9-8(11)6(2)13-14-9/h7,15H,3-5,11H2,1-2H3,(H,12,16)(H,13,14). The Balaban J connectivity index is 2.50. The summed E-state index contributed by atoms with van der Waals surface area (Å²) in [4.78, 5) is 11.6. The summed E-state index contributed by atoms with van der Waals surface area (Å²) in [5.41, 5.74) is 6.85. The maximum Gasteiger partial charge on any atom is 0.274 e. The lowest BCUT2D eigenvalue weighted by Crippen LogP contribution is -2.32. The van der Waals surface area contributed by atoms with E-state index in [1.54, 1.807) is 6.92 Å². The molecule has 16 heavy (non-hydrogen) atoms. The number of nitrogen functional groups attached to an aromatic ring is 1. The largest absolute Gasteiger partial charge is 0.395 e. The number of aliphatic hydroxyl groups excluding tert-OH is 1. The van der Waals surface area contributed by atoms with E-state index in [0.29, 0.717) is 17.8 Å². The highest BCUT2D eigenvalue weighted by atomic mass is 16.3. The Kier molecular flexibility index (Phi) is 4.30. The number of nitrogens with one attached hydrogen (secondary N) is 2. The number of carbonyl (C=O) groups is 1. The molecule has 1 heterocycles. The first kappa shape index (κ1) is 12.5. The number of aromatic amines is 1. The van der Waals surface area contributed by atoms with Gasteiger partial charge >= 0.3 is 0 Å². The molecule has 0 saturated heterocycles. The van der Waals surface area contributed by atoms with Gasteiger partial charge in [-0.3, -0.25) is 9.89 Å². The number of aryl methyl sites for hydroxylation is 1. The smallest absolute Gasteiger partial charge is 0.274 e. The second kappa shape index (κ2) is 5.50. The molecule has 0 aliphatic heterocycles. The fraction of sp³-hybridized carbons (Fsp3) is 0.600. The molecule has 1 unspecified atom stereocenters. The van der Waals surface area contributed by atoms with Gasteiger partial charge in [-0.2, -0.15) is 5.10 Å². The summed E-state index contributed by atoms with van der Waals surface area (Å²) >= 11 is 0. The Morgan fingerprint density at radius 1 is 1.69 bits per heavy atom. The van der Waals surface area contributed by atoms with Gasteiger partial charge in [0.15, 0.2) is 5.69 Å². The van der Waals surface area contributed by atoms with Crippen LogP contribution in [0, 0.1) is 6.92 Å². The van der Waals surface area contributed by atoms with E-state index in [0.717, 1.165) is 6.42 Å². The number of anilines is 1. The van der Waals surface area contributed by atoms with Crippen molar-refractivity contribution in [2.45, 2.75) is 32.8 Å². The van der Waals surface area contributed by atoms with E-state index >= 15 is 0 Å². The van der Waals surface area contributed by atoms with Gasteiger partial charge in [-0.1, -0.05) is 13.3 Å². The van der Waals surface area contributed by atoms with Crippen molar-refractivity contribution in [1.82, 2.24) is 15.5 Å². The van der Waals surface area contributed by atoms with Crippen molar-refractivity contribution in [3.05, 3.63) is 11.4 Å². The average Bonchev–Trinajstić information content (AvgIpc) is 2.57. The molecule has 0 saturated carbocycles. The predicted octanol–water partition coefficient (Wildman–Crippen LogP) is 0.191. The molecule has 0 spiro atoms. The molecule has 1 aromatic rings. The van der Waals surface area contributed by atoms with Crippen LogP contribution in [-0.2, 0) is 0 Å². The van der Waals surface area contributed by atoms with Crippen LogP contribution in [0.15, 0.2) is 0 Å². The summed E-state index contributed by atoms with van der Waals surface area (Å²) in [7, 11) is 0. The first-order chi connectivity index (χ1) is 7.56. The van der Waals surface area contributed by atoms with Gasteiger partial charge in [-0.15, -0.1) is 0 Å². The van der Waals surface area contributed by atoms with E-state index in [2.05, 4.69) is 15.5 Å². The van der Waals surface area contributed by atoms with Crippen molar-refractivity contribution >= 4 is 11.6 Å². The summed E-state index contributed by atoms with van der Waals surface area (Å²) < 4.78 is 0. The summed E-state index contributed by atoms with van der Waals surface area (Å²) in [6.07, 6.45) is 1.02. The van der Waals surface area contributed by atoms with Crippen LogP contribution in [0.3, 0.4) is 0 Å². The fourth-order valence-corrected chi connectivity index (χ4v) is 1.34. The average molecular weight is 226 g/mol. The summed E-state index contributed by atoms with van der Waals surface area (Å²) in [6.45, 7) is 3.93. The first-order valence-corrected chi connectivity index (χ1v) is 5.33. The van der Waals surface area contributed by atoms with E-state index in [9.17, 15) is 9.90 Å². The third-order valence-corrected chi connectivity index (χ3v) is 2.33. The molecule has 1 rings (SSSR count). The molecule has 6 heteroatoms. The topological polar surface area (TPSA) is 104 Å². The Labute approximate surface area is 94.2 Å². The maximum atomic E-state index is 11.6. The molecule has 0 fully saturated rings. The van der Waals surface area contributed by atoms with Crippen molar-refractivity contribution in [3.63, 3.8) is 0 Å². The van der Waals surface area contributed by atoms with Crippen LogP contribution in [-0.4, -0.2) is 33.9 Å². The van der Waals surface area contributed by atoms with Crippen molar-refractivity contribution in [3.8, 4) is 0 Å². The molecule has 0 radical (unpaired) electrons. The number of nitrogens with zero attached hydrogens (tertiary/aromatic N) is 1. The molecule has 90 valence electrons. The molecule has 5 N–H and O–H groups in total. The minimum absolute atomic E-state index is 0.182. The first-order valence-electron chi connectivity index (χ1n) is 5.33. The van der Waals surface area contributed by atoms with Gasteiger partial charge in [0.2, 0.25) is 0 Å². The zero-order valence-corrected chi connectivity index (χ0v) is 9.58. The Bertz CT molecular complexity index is 362. The maximum absolute atomic E-state index is 11.6. The Hall–Kier alpha value is -1.56. The van der Waals surface area contributed by atoms with E-state index < -0.39 is 6.10 Å². The van der Waals surface area contributed by atoms with Crippen LogP contribution in [0.25, 0.3) is 0 Å². The van der Waals surface area contributed by atoms with Crippen molar-refractivity contribution < 1.29 is 9.90 Å². The molecule has 0 aliphatic carbocycles. The number of rotatable bonds is 5. The van der Waals surface area contributed by atoms with Crippen molar-refractivity contribution in [2.75, 3.05) is 12.3 Å². The lowest BCUT2D eigenvalue weighted by molar-refractivity contribution is 0.0906. The highest BCUT2D eigenvalue weighted by Crippen LogP contribution is 2.11. The Morgan fingerprint density at radius 3 is 2.88 bits per heavy atom. The van der Waals surface area contributed by atoms with Crippen LogP contribution in [0.4, 0.5) is 5.69 Å². The molecule has 1 amide bonds. The van der Waals surface area contributed by atoms with E-state index in [1.807, 2.05) is 6.92 Å². The quantitative estimate of drug-likeness (QED) is 0.575. The molecule has 0 aromatic carbocycles. The monoisotopic (exact) mass is 226 g/mol. The number of hydrogen-bond acceptors (Lipinski definition) is 4. The van der Waals surface area contributed by atoms with Gasteiger partial charge in [0.1, 0.15) is 0 Å². The second-order valence-electron chi connectivity index (χ2n) is 3.76. The van der Waals surface area contributed by atoms with Crippen LogP contribution < -0.4 is 11.1 Å². The van der Waals surface area contributed by atoms with Crippen molar-refractivity contribution in [1.29, 1.82) is 0 Å². The second-order valence-corrected chi connectivity index (χ2v) is 3.76. The zero-order chi connectivity index (χ0) is 12.1. The lowest BCUT2D eigenvalue weighted by atomic mass is 10.2. The Morgan fingerprint density at radius 2 is 2.38 bits per heavy atom. The van der Waals surface area contributed by atoms with E-state index in [-0.39, 0.29) is 18.1 Å². The minimum atomic E-state index is -0.518. The number of amides is 1. The highest BCUT2D eigenvalue weighted by Gasteiger charge is 2.15.